The van der Waals surface area contributed by atoms with Crippen molar-refractivity contribution in [3.63, 3.8) is 0 Å². The largest absolute Gasteiger partial charge is 0.484 e. The number of hydrogen-bond donors (Lipinski definition) is 3. The summed E-state index contributed by atoms with van der Waals surface area (Å²) in [6.45, 7) is 1.24. The van der Waals surface area contributed by atoms with Crippen LogP contribution in [0.3, 0.4) is 0 Å². The van der Waals surface area contributed by atoms with Gasteiger partial charge < -0.3 is 25.6 Å². The highest BCUT2D eigenvalue weighted by atomic mass is 16.5. The van der Waals surface area contributed by atoms with Gasteiger partial charge in [-0.1, -0.05) is 24.3 Å². The Morgan fingerprint density at radius 3 is 2.48 bits per heavy atom. The summed E-state index contributed by atoms with van der Waals surface area (Å²) in [5, 5.41) is 9.18. The molecule has 0 heterocycles. The fourth-order valence-electron chi connectivity index (χ4n) is 2.76. The first-order valence-electron chi connectivity index (χ1n) is 10.1. The van der Waals surface area contributed by atoms with Crippen molar-refractivity contribution in [1.29, 1.82) is 0 Å². The van der Waals surface area contributed by atoms with E-state index >= 15 is 0 Å². The van der Waals surface area contributed by atoms with Crippen LogP contribution in [0.25, 0.3) is 0 Å². The van der Waals surface area contributed by atoms with Gasteiger partial charge in [0, 0.05) is 46.8 Å². The van der Waals surface area contributed by atoms with Crippen LogP contribution in [0.1, 0.15) is 21.5 Å². The third-order valence-corrected chi connectivity index (χ3v) is 4.57. The highest BCUT2D eigenvalue weighted by Crippen LogP contribution is 2.13. The molecule has 2 aromatic carbocycles. The molecule has 0 aliphatic heterocycles. The zero-order valence-electron chi connectivity index (χ0n) is 18.6. The van der Waals surface area contributed by atoms with Gasteiger partial charge in [-0.25, -0.2) is 0 Å². The lowest BCUT2D eigenvalue weighted by Crippen LogP contribution is -2.37. The van der Waals surface area contributed by atoms with Crippen LogP contribution in [0, 0.1) is 0 Å². The molecule has 0 aliphatic carbocycles. The van der Waals surface area contributed by atoms with Gasteiger partial charge in [-0.05, 0) is 41.8 Å². The SMILES string of the molecule is CN=C(NCCc1cccc(C(=O)NC)c1)NCc1cccc(OCC(=O)N(C)C)c1. The Labute approximate surface area is 183 Å². The molecule has 2 aromatic rings. The Morgan fingerprint density at radius 2 is 1.77 bits per heavy atom. The fraction of sp³-hybridized carbons (Fsp3) is 0.348. The van der Waals surface area contributed by atoms with Crippen molar-refractivity contribution < 1.29 is 14.3 Å². The average molecular weight is 426 g/mol. The van der Waals surface area contributed by atoms with Crippen LogP contribution in [-0.2, 0) is 17.8 Å². The van der Waals surface area contributed by atoms with Crippen molar-refractivity contribution in [1.82, 2.24) is 20.9 Å². The summed E-state index contributed by atoms with van der Waals surface area (Å²) in [7, 11) is 6.73. The predicted molar refractivity (Wildman–Crippen MR) is 122 cm³/mol. The number of ether oxygens (including phenoxy) is 1. The summed E-state index contributed by atoms with van der Waals surface area (Å²) >= 11 is 0. The maximum absolute atomic E-state index is 11.8. The van der Waals surface area contributed by atoms with Crippen molar-refractivity contribution in [3.8, 4) is 5.75 Å². The lowest BCUT2D eigenvalue weighted by atomic mass is 10.1. The fourth-order valence-corrected chi connectivity index (χ4v) is 2.76. The Bertz CT molecular complexity index is 912. The summed E-state index contributed by atoms with van der Waals surface area (Å²) < 4.78 is 5.56. The molecule has 0 aromatic heterocycles. The molecule has 0 fully saturated rings. The van der Waals surface area contributed by atoms with E-state index in [1.54, 1.807) is 34.3 Å². The van der Waals surface area contributed by atoms with Gasteiger partial charge in [-0.3, -0.25) is 14.6 Å². The molecular formula is C23H31N5O3. The van der Waals surface area contributed by atoms with Crippen LogP contribution in [0.2, 0.25) is 0 Å². The van der Waals surface area contributed by atoms with Crippen LogP contribution in [0.15, 0.2) is 53.5 Å². The van der Waals surface area contributed by atoms with Gasteiger partial charge in [-0.2, -0.15) is 0 Å². The summed E-state index contributed by atoms with van der Waals surface area (Å²) in [6.07, 6.45) is 0.759. The van der Waals surface area contributed by atoms with Crippen molar-refractivity contribution in [2.45, 2.75) is 13.0 Å². The number of guanidine groups is 1. The summed E-state index contributed by atoms with van der Waals surface area (Å²) in [4.78, 5) is 29.2. The zero-order chi connectivity index (χ0) is 22.6. The normalized spacial score (nSPS) is 10.9. The Hall–Kier alpha value is -3.55. The molecule has 0 aliphatic rings. The number of carbonyl (C=O) groups is 2. The predicted octanol–water partition coefficient (Wildman–Crippen LogP) is 1.42. The highest BCUT2D eigenvalue weighted by Gasteiger charge is 2.06. The summed E-state index contributed by atoms with van der Waals surface area (Å²) in [5.41, 5.74) is 2.73. The van der Waals surface area contributed by atoms with Gasteiger partial charge in [0.05, 0.1) is 0 Å². The van der Waals surface area contributed by atoms with Crippen LogP contribution < -0.4 is 20.7 Å². The number of nitrogens with zero attached hydrogens (tertiary/aromatic N) is 2. The van der Waals surface area contributed by atoms with Gasteiger partial charge in [0.2, 0.25) is 0 Å². The second-order valence-electron chi connectivity index (χ2n) is 7.11. The van der Waals surface area contributed by atoms with E-state index in [0.29, 0.717) is 30.4 Å². The quantitative estimate of drug-likeness (QED) is 0.417. The first-order chi connectivity index (χ1) is 14.9. The molecule has 31 heavy (non-hydrogen) atoms. The van der Waals surface area contributed by atoms with Crippen molar-refractivity contribution >= 4 is 17.8 Å². The first kappa shape index (κ1) is 23.7. The third-order valence-electron chi connectivity index (χ3n) is 4.57. The molecule has 0 saturated heterocycles. The van der Waals surface area contributed by atoms with Gasteiger partial charge in [0.15, 0.2) is 12.6 Å². The Morgan fingerprint density at radius 1 is 1.03 bits per heavy atom. The molecule has 2 amide bonds. The van der Waals surface area contributed by atoms with Gasteiger partial charge in [-0.15, -0.1) is 0 Å². The molecule has 166 valence electrons. The van der Waals surface area contributed by atoms with E-state index in [2.05, 4.69) is 20.9 Å². The second-order valence-corrected chi connectivity index (χ2v) is 7.11. The number of nitrogens with one attached hydrogen (secondary N) is 3. The molecule has 2 rings (SSSR count). The Kier molecular flexibility index (Phi) is 9.35. The second kappa shape index (κ2) is 12.2. The van der Waals surface area contributed by atoms with Crippen LogP contribution in [-0.4, -0.2) is 64.0 Å². The molecule has 0 spiro atoms. The highest BCUT2D eigenvalue weighted by molar-refractivity contribution is 5.94. The van der Waals surface area contributed by atoms with Crippen molar-refractivity contribution in [2.75, 3.05) is 41.3 Å². The minimum Gasteiger partial charge on any atom is -0.484 e. The lowest BCUT2D eigenvalue weighted by Gasteiger charge is -2.14. The average Bonchev–Trinajstić information content (AvgIpc) is 2.79. The van der Waals surface area contributed by atoms with E-state index in [-0.39, 0.29) is 18.4 Å². The van der Waals surface area contributed by atoms with Crippen LogP contribution in [0.4, 0.5) is 0 Å². The molecular weight excluding hydrogens is 394 g/mol. The third kappa shape index (κ3) is 8.00. The standard InChI is InChI=1S/C23H31N5O3/c1-24-22(30)19-9-5-7-17(13-19)11-12-26-23(25-2)27-15-18-8-6-10-20(14-18)31-16-21(29)28(3)4/h5-10,13-14H,11-12,15-16H2,1-4H3,(H,24,30)(H2,25,26,27). The molecule has 0 atom stereocenters. The maximum atomic E-state index is 11.8. The molecule has 0 radical (unpaired) electrons. The number of carbonyl (C=O) groups excluding carboxylic acids is 2. The zero-order valence-corrected chi connectivity index (χ0v) is 18.6. The summed E-state index contributed by atoms with van der Waals surface area (Å²) in [6, 6.07) is 15.2. The van der Waals surface area contributed by atoms with Crippen LogP contribution in [0.5, 0.6) is 5.75 Å². The smallest absolute Gasteiger partial charge is 0.259 e. The molecule has 8 heteroatoms. The molecule has 3 N–H and O–H groups in total. The number of amides is 2. The number of likely N-dealkylation sites (N-methyl/N-ethyl adjacent to an activating group) is 1. The Balaban J connectivity index is 1.81. The van der Waals surface area contributed by atoms with E-state index in [1.807, 2.05) is 42.5 Å². The summed E-state index contributed by atoms with van der Waals surface area (Å²) in [5.74, 6) is 1.14. The minimum absolute atomic E-state index is 0.00816. The van der Waals surface area contributed by atoms with Crippen molar-refractivity contribution in [2.24, 2.45) is 4.99 Å². The van der Waals surface area contributed by atoms with E-state index in [1.165, 1.54) is 4.90 Å². The number of aliphatic imine (C=N–C) groups is 1. The number of hydrogen-bond acceptors (Lipinski definition) is 4. The molecule has 8 nitrogen and oxygen atoms in total. The first-order valence-corrected chi connectivity index (χ1v) is 10.1. The van der Waals surface area contributed by atoms with E-state index < -0.39 is 0 Å². The molecule has 0 saturated carbocycles. The van der Waals surface area contributed by atoms with E-state index in [9.17, 15) is 9.59 Å². The number of benzene rings is 2. The minimum atomic E-state index is -0.0930. The van der Waals surface area contributed by atoms with Gasteiger partial charge >= 0.3 is 0 Å². The van der Waals surface area contributed by atoms with Crippen molar-refractivity contribution in [3.05, 3.63) is 65.2 Å². The number of rotatable bonds is 9. The molecule has 0 unspecified atom stereocenters. The topological polar surface area (TPSA) is 95.1 Å². The lowest BCUT2D eigenvalue weighted by molar-refractivity contribution is -0.130. The van der Waals surface area contributed by atoms with E-state index in [0.717, 1.165) is 17.5 Å². The monoisotopic (exact) mass is 425 g/mol. The van der Waals surface area contributed by atoms with Gasteiger partial charge in [0.1, 0.15) is 5.75 Å². The van der Waals surface area contributed by atoms with Crippen LogP contribution >= 0.6 is 0 Å². The van der Waals surface area contributed by atoms with Gasteiger partial charge in [0.25, 0.3) is 11.8 Å². The maximum Gasteiger partial charge on any atom is 0.259 e. The van der Waals surface area contributed by atoms with E-state index in [4.69, 9.17) is 4.74 Å². The molecule has 0 bridgehead atoms.